The van der Waals surface area contributed by atoms with Gasteiger partial charge < -0.3 is 19.8 Å². The number of fused-ring (bicyclic) bond motifs is 2. The Morgan fingerprint density at radius 2 is 1.97 bits per heavy atom. The Kier molecular flexibility index (Phi) is 5.36. The van der Waals surface area contributed by atoms with E-state index < -0.39 is 5.60 Å². The lowest BCUT2D eigenvalue weighted by Gasteiger charge is -2.30. The van der Waals surface area contributed by atoms with Crippen molar-refractivity contribution >= 4 is 17.1 Å². The Labute approximate surface area is 186 Å². The summed E-state index contributed by atoms with van der Waals surface area (Å²) in [4.78, 5) is 27.5. The average Bonchev–Trinajstić information content (AvgIpc) is 3.12. The maximum atomic E-state index is 13.3. The fourth-order valence-corrected chi connectivity index (χ4v) is 4.08. The highest BCUT2D eigenvalue weighted by Crippen LogP contribution is 2.33. The molecule has 0 aliphatic carbocycles. The van der Waals surface area contributed by atoms with Crippen molar-refractivity contribution in [2.45, 2.75) is 66.3 Å². The highest BCUT2D eigenvalue weighted by molar-refractivity contribution is 5.84. The first-order chi connectivity index (χ1) is 15.0. The first-order valence-electron chi connectivity index (χ1n) is 10.8. The molecule has 8 nitrogen and oxygen atoms in total. The van der Waals surface area contributed by atoms with Gasteiger partial charge >= 0.3 is 6.09 Å². The van der Waals surface area contributed by atoms with E-state index in [4.69, 9.17) is 14.9 Å². The maximum Gasteiger partial charge on any atom is 0.410 e. The number of nitrogens with two attached hydrogens (primary N) is 1. The Morgan fingerprint density at radius 3 is 2.62 bits per heavy atom. The van der Waals surface area contributed by atoms with E-state index in [-0.39, 0.29) is 17.6 Å². The van der Waals surface area contributed by atoms with Gasteiger partial charge in [0.15, 0.2) is 5.43 Å². The molecule has 170 valence electrons. The van der Waals surface area contributed by atoms with Crippen LogP contribution >= 0.6 is 0 Å². The van der Waals surface area contributed by atoms with Gasteiger partial charge in [-0.05, 0) is 53.2 Å². The van der Waals surface area contributed by atoms with E-state index in [0.29, 0.717) is 47.5 Å². The first kappa shape index (κ1) is 22.1. The number of rotatable bonds is 2. The molecule has 2 aromatic heterocycles. The molecule has 4 rings (SSSR count). The van der Waals surface area contributed by atoms with Gasteiger partial charge in [-0.1, -0.05) is 6.07 Å². The van der Waals surface area contributed by atoms with Crippen LogP contribution in [-0.4, -0.2) is 32.9 Å². The molecule has 1 aliphatic heterocycles. The van der Waals surface area contributed by atoms with Crippen molar-refractivity contribution in [2.24, 2.45) is 5.73 Å². The molecule has 3 aromatic rings. The zero-order valence-corrected chi connectivity index (χ0v) is 19.5. The highest BCUT2D eigenvalue weighted by Gasteiger charge is 2.29. The third-order valence-corrected chi connectivity index (χ3v) is 5.65. The summed E-state index contributed by atoms with van der Waals surface area (Å²) < 4.78 is 13.7. The number of ether oxygens (including phenoxy) is 1. The smallest absolute Gasteiger partial charge is 0.410 e. The molecular formula is C24H30N4O4. The van der Waals surface area contributed by atoms with Crippen molar-refractivity contribution in [2.75, 3.05) is 6.54 Å². The lowest BCUT2D eigenvalue weighted by molar-refractivity contribution is 0.0195. The molecule has 0 spiro atoms. The lowest BCUT2D eigenvalue weighted by Crippen LogP contribution is -2.41. The molecule has 1 atom stereocenters. The van der Waals surface area contributed by atoms with E-state index in [0.717, 1.165) is 16.8 Å². The zero-order valence-electron chi connectivity index (χ0n) is 19.5. The van der Waals surface area contributed by atoms with Gasteiger partial charge in [0.25, 0.3) is 0 Å². The molecule has 1 aromatic carbocycles. The Bertz CT molecular complexity index is 1260. The molecule has 32 heavy (non-hydrogen) atoms. The van der Waals surface area contributed by atoms with Crippen LogP contribution in [-0.2, 0) is 17.8 Å². The molecule has 8 heteroatoms. The minimum atomic E-state index is -0.577. The Balaban J connectivity index is 1.82. The van der Waals surface area contributed by atoms with Crippen molar-refractivity contribution in [1.82, 2.24) is 14.7 Å². The van der Waals surface area contributed by atoms with Crippen LogP contribution in [0.2, 0.25) is 0 Å². The first-order valence-corrected chi connectivity index (χ1v) is 10.8. The van der Waals surface area contributed by atoms with Crippen molar-refractivity contribution in [3.05, 3.63) is 50.9 Å². The summed E-state index contributed by atoms with van der Waals surface area (Å²) in [5.41, 5.74) is 9.77. The van der Waals surface area contributed by atoms with Crippen molar-refractivity contribution in [3.63, 3.8) is 0 Å². The second kappa shape index (κ2) is 7.78. The van der Waals surface area contributed by atoms with Crippen molar-refractivity contribution in [3.8, 4) is 11.3 Å². The summed E-state index contributed by atoms with van der Waals surface area (Å²) in [6.45, 7) is 12.4. The van der Waals surface area contributed by atoms with E-state index in [2.05, 4.69) is 5.10 Å². The third-order valence-electron chi connectivity index (χ3n) is 5.65. The molecule has 0 saturated heterocycles. The lowest BCUT2D eigenvalue weighted by atomic mass is 9.99. The number of hydrogen-bond acceptors (Lipinski definition) is 6. The summed E-state index contributed by atoms with van der Waals surface area (Å²) in [6.07, 6.45) is 1.33. The summed E-state index contributed by atoms with van der Waals surface area (Å²) >= 11 is 0. The monoisotopic (exact) mass is 438 g/mol. The second-order valence-corrected chi connectivity index (χ2v) is 9.53. The number of hydrogen-bond donors (Lipinski definition) is 1. The van der Waals surface area contributed by atoms with Gasteiger partial charge in [0.05, 0.1) is 35.9 Å². The number of amides is 1. The third kappa shape index (κ3) is 3.90. The Morgan fingerprint density at radius 1 is 1.25 bits per heavy atom. The SMILES string of the molecule is Cc1cc([C@@H](C)N)c2oc(-c3cnn4c3CN(C(=O)OC(C)(C)C)CC4)c(C)c(=O)c2c1. The summed E-state index contributed by atoms with van der Waals surface area (Å²) in [5, 5.41) is 5.00. The van der Waals surface area contributed by atoms with Crippen LogP contribution in [0.4, 0.5) is 4.79 Å². The van der Waals surface area contributed by atoms with Crippen LogP contribution in [0.5, 0.6) is 0 Å². The predicted molar refractivity (Wildman–Crippen MR) is 122 cm³/mol. The molecular weight excluding hydrogens is 408 g/mol. The highest BCUT2D eigenvalue weighted by atomic mass is 16.6. The van der Waals surface area contributed by atoms with Crippen LogP contribution in [0.25, 0.3) is 22.3 Å². The van der Waals surface area contributed by atoms with Gasteiger partial charge in [0.1, 0.15) is 16.9 Å². The van der Waals surface area contributed by atoms with Gasteiger partial charge in [0, 0.05) is 23.7 Å². The van der Waals surface area contributed by atoms with E-state index in [9.17, 15) is 9.59 Å². The van der Waals surface area contributed by atoms with Gasteiger partial charge in [-0.2, -0.15) is 5.10 Å². The second-order valence-electron chi connectivity index (χ2n) is 9.53. The molecule has 0 unspecified atom stereocenters. The molecule has 1 aliphatic rings. The summed E-state index contributed by atoms with van der Waals surface area (Å²) in [6, 6.07) is 3.49. The minimum Gasteiger partial charge on any atom is -0.455 e. The number of aromatic nitrogens is 2. The van der Waals surface area contributed by atoms with Crippen LogP contribution in [0.3, 0.4) is 0 Å². The Hall–Kier alpha value is -3.13. The fourth-order valence-electron chi connectivity index (χ4n) is 4.08. The van der Waals surface area contributed by atoms with Crippen LogP contribution < -0.4 is 11.2 Å². The molecule has 3 heterocycles. The van der Waals surface area contributed by atoms with Crippen molar-refractivity contribution < 1.29 is 13.9 Å². The van der Waals surface area contributed by atoms with E-state index >= 15 is 0 Å². The fraction of sp³-hybridized carbons (Fsp3) is 0.458. The van der Waals surface area contributed by atoms with Crippen LogP contribution in [0.1, 0.15) is 56.1 Å². The summed E-state index contributed by atoms with van der Waals surface area (Å²) in [5.74, 6) is 0.459. The van der Waals surface area contributed by atoms with Gasteiger partial charge in [0.2, 0.25) is 0 Å². The summed E-state index contributed by atoms with van der Waals surface area (Å²) in [7, 11) is 0. The minimum absolute atomic E-state index is 0.0911. The van der Waals surface area contributed by atoms with Gasteiger partial charge in [-0.25, -0.2) is 4.79 Å². The number of benzene rings is 1. The van der Waals surface area contributed by atoms with Gasteiger partial charge in [-0.15, -0.1) is 0 Å². The molecule has 1 amide bonds. The van der Waals surface area contributed by atoms with E-state index in [1.165, 1.54) is 0 Å². The molecule has 0 saturated carbocycles. The number of carbonyl (C=O) groups excluding carboxylic acids is 1. The molecule has 0 fully saturated rings. The van der Waals surface area contributed by atoms with E-state index in [1.807, 2.05) is 51.4 Å². The molecule has 0 bridgehead atoms. The number of aryl methyl sites for hydroxylation is 1. The van der Waals surface area contributed by atoms with Crippen molar-refractivity contribution in [1.29, 1.82) is 0 Å². The zero-order chi connectivity index (χ0) is 23.4. The quantitative estimate of drug-likeness (QED) is 0.648. The van der Waals surface area contributed by atoms with Crippen LogP contribution in [0, 0.1) is 13.8 Å². The number of nitrogens with zero attached hydrogens (tertiary/aromatic N) is 3. The molecule has 0 radical (unpaired) electrons. The average molecular weight is 439 g/mol. The van der Waals surface area contributed by atoms with Crippen LogP contribution in [0.15, 0.2) is 27.5 Å². The largest absolute Gasteiger partial charge is 0.455 e. The standard InChI is InChI=1S/C24H30N4O4/c1-13-9-16(15(3)25)22-17(10-13)20(29)14(2)21(31-22)18-11-26-28-8-7-27(12-19(18)28)23(30)32-24(4,5)6/h9-11,15H,7-8,12,25H2,1-6H3/t15-/m1/s1. The number of carbonyl (C=O) groups is 1. The molecule has 2 N–H and O–H groups in total. The maximum absolute atomic E-state index is 13.3. The predicted octanol–water partition coefficient (Wildman–Crippen LogP) is 4.04. The normalized spacial score (nSPS) is 15.0. The van der Waals surface area contributed by atoms with Gasteiger partial charge in [-0.3, -0.25) is 9.48 Å². The van der Waals surface area contributed by atoms with E-state index in [1.54, 1.807) is 18.0 Å². The topological polar surface area (TPSA) is 104 Å².